The summed E-state index contributed by atoms with van der Waals surface area (Å²) in [5.74, 6) is -0.768. The number of anilines is 2. The molecule has 3 amide bonds. The minimum absolute atomic E-state index is 0.0394. The zero-order chi connectivity index (χ0) is 21.0. The molecule has 2 aliphatic carbocycles. The SMILES string of the molecule is CC(=O)c1ccc(NC(=O)c2ccc(N3C(=O)[C@@H]4[C@H](C3=O)[C@H]3C=C[C@H]4C3)cc2)cc1. The predicted molar refractivity (Wildman–Crippen MR) is 111 cm³/mol. The Hall–Kier alpha value is -3.54. The van der Waals surface area contributed by atoms with E-state index in [1.165, 1.54) is 11.8 Å². The Labute approximate surface area is 173 Å². The van der Waals surface area contributed by atoms with Crippen LogP contribution < -0.4 is 10.2 Å². The van der Waals surface area contributed by atoms with Crippen LogP contribution in [0.5, 0.6) is 0 Å². The Bertz CT molecular complexity index is 1070. The normalized spacial score (nSPS) is 26.2. The van der Waals surface area contributed by atoms with Crippen LogP contribution >= 0.6 is 0 Å². The van der Waals surface area contributed by atoms with Gasteiger partial charge in [0.15, 0.2) is 5.78 Å². The maximum atomic E-state index is 12.9. The molecule has 0 unspecified atom stereocenters. The molecule has 5 rings (SSSR count). The summed E-state index contributed by atoms with van der Waals surface area (Å²) in [6, 6.07) is 13.2. The number of rotatable bonds is 4. The molecule has 150 valence electrons. The largest absolute Gasteiger partial charge is 0.322 e. The first-order chi connectivity index (χ1) is 14.4. The molecule has 1 saturated heterocycles. The van der Waals surface area contributed by atoms with Gasteiger partial charge in [0.2, 0.25) is 11.8 Å². The van der Waals surface area contributed by atoms with E-state index in [9.17, 15) is 19.2 Å². The van der Waals surface area contributed by atoms with E-state index in [-0.39, 0.29) is 47.2 Å². The van der Waals surface area contributed by atoms with Crippen LogP contribution in [0.4, 0.5) is 11.4 Å². The van der Waals surface area contributed by atoms with Crippen molar-refractivity contribution in [2.75, 3.05) is 10.2 Å². The number of nitrogens with one attached hydrogen (secondary N) is 1. The number of carbonyl (C=O) groups excluding carboxylic acids is 4. The number of fused-ring (bicyclic) bond motifs is 5. The van der Waals surface area contributed by atoms with Gasteiger partial charge in [-0.2, -0.15) is 0 Å². The van der Waals surface area contributed by atoms with Gasteiger partial charge in [0.1, 0.15) is 0 Å². The van der Waals surface area contributed by atoms with Gasteiger partial charge in [0.25, 0.3) is 5.91 Å². The average Bonchev–Trinajstić information content (AvgIpc) is 3.42. The zero-order valence-corrected chi connectivity index (χ0v) is 16.4. The van der Waals surface area contributed by atoms with Crippen LogP contribution in [0.15, 0.2) is 60.7 Å². The molecule has 2 fully saturated rings. The number of nitrogens with zero attached hydrogens (tertiary/aromatic N) is 1. The first kappa shape index (κ1) is 18.5. The van der Waals surface area contributed by atoms with E-state index in [1.54, 1.807) is 48.5 Å². The van der Waals surface area contributed by atoms with Crippen molar-refractivity contribution in [1.82, 2.24) is 0 Å². The highest BCUT2D eigenvalue weighted by Crippen LogP contribution is 2.53. The van der Waals surface area contributed by atoms with E-state index in [4.69, 9.17) is 0 Å². The first-order valence-corrected chi connectivity index (χ1v) is 10.0. The highest BCUT2D eigenvalue weighted by molar-refractivity contribution is 6.23. The highest BCUT2D eigenvalue weighted by Gasteiger charge is 2.59. The maximum Gasteiger partial charge on any atom is 0.255 e. The summed E-state index contributed by atoms with van der Waals surface area (Å²) in [5, 5.41) is 2.78. The van der Waals surface area contributed by atoms with Crippen LogP contribution in [0.2, 0.25) is 0 Å². The lowest BCUT2D eigenvalue weighted by molar-refractivity contribution is -0.123. The minimum Gasteiger partial charge on any atom is -0.322 e. The number of imide groups is 1. The van der Waals surface area contributed by atoms with Crippen molar-refractivity contribution < 1.29 is 19.2 Å². The van der Waals surface area contributed by atoms with E-state index >= 15 is 0 Å². The van der Waals surface area contributed by atoms with Crippen molar-refractivity contribution in [3.05, 3.63) is 71.8 Å². The van der Waals surface area contributed by atoms with Crippen LogP contribution in [0.3, 0.4) is 0 Å². The van der Waals surface area contributed by atoms with Crippen molar-refractivity contribution in [3.8, 4) is 0 Å². The molecule has 6 heteroatoms. The van der Waals surface area contributed by atoms with E-state index in [0.29, 0.717) is 22.5 Å². The summed E-state index contributed by atoms with van der Waals surface area (Å²) < 4.78 is 0. The van der Waals surface area contributed by atoms with E-state index in [0.717, 1.165) is 6.42 Å². The van der Waals surface area contributed by atoms with Gasteiger partial charge in [-0.25, -0.2) is 0 Å². The van der Waals surface area contributed by atoms with E-state index < -0.39 is 0 Å². The van der Waals surface area contributed by atoms with Gasteiger partial charge in [0, 0.05) is 16.8 Å². The molecular weight excluding hydrogens is 380 g/mol. The number of amides is 3. The Morgan fingerprint density at radius 3 is 1.90 bits per heavy atom. The van der Waals surface area contributed by atoms with Crippen molar-refractivity contribution in [3.63, 3.8) is 0 Å². The third kappa shape index (κ3) is 2.79. The molecule has 1 aliphatic heterocycles. The van der Waals surface area contributed by atoms with Crippen molar-refractivity contribution in [2.24, 2.45) is 23.7 Å². The molecule has 1 N–H and O–H groups in total. The van der Waals surface area contributed by atoms with Crippen molar-refractivity contribution in [2.45, 2.75) is 13.3 Å². The summed E-state index contributed by atoms with van der Waals surface area (Å²) in [4.78, 5) is 50.9. The van der Waals surface area contributed by atoms with E-state index in [2.05, 4.69) is 17.5 Å². The minimum atomic E-state index is -0.310. The Morgan fingerprint density at radius 1 is 0.833 bits per heavy atom. The fourth-order valence-electron chi connectivity index (χ4n) is 4.91. The predicted octanol–water partition coefficient (Wildman–Crippen LogP) is 3.45. The molecule has 1 saturated carbocycles. The quantitative estimate of drug-likeness (QED) is 0.484. The molecule has 0 radical (unpaired) electrons. The van der Waals surface area contributed by atoms with Gasteiger partial charge in [-0.15, -0.1) is 0 Å². The lowest BCUT2D eigenvalue weighted by atomic mass is 9.85. The van der Waals surface area contributed by atoms with Crippen LogP contribution in [0, 0.1) is 23.7 Å². The van der Waals surface area contributed by atoms with Gasteiger partial charge in [-0.1, -0.05) is 12.2 Å². The standard InChI is InChI=1S/C24H20N2O4/c1-13(27)14-4-8-18(9-5-14)25-22(28)15-6-10-19(11-7-15)26-23(29)20-16-2-3-17(12-16)21(20)24(26)30/h2-11,16-17,20-21H,12H2,1H3,(H,25,28)/t16-,17-,20-,21+/m0/s1. The monoisotopic (exact) mass is 400 g/mol. The van der Waals surface area contributed by atoms with Gasteiger partial charge in [0.05, 0.1) is 17.5 Å². The number of ketones is 1. The number of hydrogen-bond acceptors (Lipinski definition) is 4. The number of carbonyl (C=O) groups is 4. The van der Waals surface area contributed by atoms with Crippen molar-refractivity contribution >= 4 is 34.9 Å². The Morgan fingerprint density at radius 2 is 1.37 bits per heavy atom. The Balaban J connectivity index is 1.31. The molecule has 0 aromatic heterocycles. The molecule has 30 heavy (non-hydrogen) atoms. The molecule has 4 atom stereocenters. The summed E-state index contributed by atoms with van der Waals surface area (Å²) in [6.07, 6.45) is 5.03. The second-order valence-corrected chi connectivity index (χ2v) is 8.15. The molecule has 6 nitrogen and oxygen atoms in total. The summed E-state index contributed by atoms with van der Waals surface area (Å²) in [7, 11) is 0. The smallest absolute Gasteiger partial charge is 0.255 e. The van der Waals surface area contributed by atoms with E-state index in [1.807, 2.05) is 0 Å². The highest BCUT2D eigenvalue weighted by atomic mass is 16.2. The van der Waals surface area contributed by atoms with Gasteiger partial charge < -0.3 is 5.32 Å². The molecule has 2 bridgehead atoms. The van der Waals surface area contributed by atoms with Crippen LogP contribution in [-0.2, 0) is 9.59 Å². The van der Waals surface area contributed by atoms with Crippen LogP contribution in [0.25, 0.3) is 0 Å². The third-order valence-electron chi connectivity index (χ3n) is 6.41. The molecular formula is C24H20N2O4. The number of Topliss-reactive ketones (excluding diaryl/α,β-unsaturated/α-hetero) is 1. The molecule has 2 aromatic rings. The summed E-state index contributed by atoms with van der Waals surface area (Å²) >= 11 is 0. The van der Waals surface area contributed by atoms with Crippen molar-refractivity contribution in [1.29, 1.82) is 0 Å². The fraction of sp³-hybridized carbons (Fsp3) is 0.250. The first-order valence-electron chi connectivity index (χ1n) is 10.0. The Kier molecular flexibility index (Phi) is 4.17. The molecule has 0 spiro atoms. The van der Waals surface area contributed by atoms with Gasteiger partial charge in [-0.05, 0) is 73.7 Å². The molecule has 2 aromatic carbocycles. The second-order valence-electron chi connectivity index (χ2n) is 8.15. The average molecular weight is 400 g/mol. The number of hydrogen-bond donors (Lipinski definition) is 1. The summed E-state index contributed by atoms with van der Waals surface area (Å²) in [5.41, 5.74) is 2.07. The third-order valence-corrected chi connectivity index (χ3v) is 6.41. The maximum absolute atomic E-state index is 12.9. The number of allylic oxidation sites excluding steroid dienone is 2. The van der Waals surface area contributed by atoms with Gasteiger partial charge in [-0.3, -0.25) is 24.1 Å². The zero-order valence-electron chi connectivity index (χ0n) is 16.4. The molecule has 1 heterocycles. The lowest BCUT2D eigenvalue weighted by Gasteiger charge is -2.17. The molecule has 3 aliphatic rings. The summed E-state index contributed by atoms with van der Waals surface area (Å²) in [6.45, 7) is 1.49. The topological polar surface area (TPSA) is 83.6 Å². The fourth-order valence-corrected chi connectivity index (χ4v) is 4.91. The second kappa shape index (κ2) is 6.76. The van der Waals surface area contributed by atoms with Crippen LogP contribution in [-0.4, -0.2) is 23.5 Å². The van der Waals surface area contributed by atoms with Gasteiger partial charge >= 0.3 is 0 Å². The van der Waals surface area contributed by atoms with Crippen LogP contribution in [0.1, 0.15) is 34.1 Å². The lowest BCUT2D eigenvalue weighted by Crippen LogP contribution is -2.32. The number of benzene rings is 2.